The summed E-state index contributed by atoms with van der Waals surface area (Å²) < 4.78 is 5.58. The Kier molecular flexibility index (Phi) is 3.76. The molecule has 0 bridgehead atoms. The molecule has 0 aliphatic carbocycles. The summed E-state index contributed by atoms with van der Waals surface area (Å²) in [6, 6.07) is 6.99. The smallest absolute Gasteiger partial charge is 0.122 e. The van der Waals surface area contributed by atoms with E-state index in [4.69, 9.17) is 10.5 Å². The van der Waals surface area contributed by atoms with Crippen LogP contribution in [0.3, 0.4) is 0 Å². The van der Waals surface area contributed by atoms with Crippen LogP contribution < -0.4 is 10.5 Å². The normalized spacial score (nSPS) is 24.8. The van der Waals surface area contributed by atoms with Crippen LogP contribution in [0.5, 0.6) is 5.75 Å². The van der Waals surface area contributed by atoms with Gasteiger partial charge in [-0.05, 0) is 42.5 Å². The van der Waals surface area contributed by atoms with Crippen LogP contribution in [0.1, 0.15) is 36.9 Å². The number of hydrogen-bond acceptors (Lipinski definition) is 3. The lowest BCUT2D eigenvalue weighted by Crippen LogP contribution is -2.40. The van der Waals surface area contributed by atoms with Crippen LogP contribution >= 0.6 is 0 Å². The second-order valence-corrected chi connectivity index (χ2v) is 5.96. The standard InChI is InChI=1S/C16H24N2O/c1-12-3-2-7-18(11-12)15(10-17)13-4-5-16-14(9-13)6-8-19-16/h4-5,9,12,15H,2-3,6-8,10-11,17H2,1H3. The molecule has 104 valence electrons. The third-order valence-corrected chi connectivity index (χ3v) is 4.45. The maximum Gasteiger partial charge on any atom is 0.122 e. The molecule has 1 aromatic rings. The molecule has 0 aromatic heterocycles. The third-order valence-electron chi connectivity index (χ3n) is 4.45. The van der Waals surface area contributed by atoms with Crippen LogP contribution in [0.15, 0.2) is 18.2 Å². The minimum absolute atomic E-state index is 0.369. The van der Waals surface area contributed by atoms with Gasteiger partial charge in [0.15, 0.2) is 0 Å². The van der Waals surface area contributed by atoms with Gasteiger partial charge in [0.05, 0.1) is 6.61 Å². The number of hydrogen-bond donors (Lipinski definition) is 1. The molecule has 0 radical (unpaired) electrons. The van der Waals surface area contributed by atoms with Crippen LogP contribution in [0.2, 0.25) is 0 Å². The predicted octanol–water partition coefficient (Wildman–Crippen LogP) is 2.35. The van der Waals surface area contributed by atoms with Crippen molar-refractivity contribution in [3.8, 4) is 5.75 Å². The van der Waals surface area contributed by atoms with Crippen LogP contribution in [0, 0.1) is 5.92 Å². The number of nitrogens with two attached hydrogens (primary N) is 1. The molecule has 19 heavy (non-hydrogen) atoms. The zero-order valence-corrected chi connectivity index (χ0v) is 11.8. The van der Waals surface area contributed by atoms with Gasteiger partial charge in [-0.3, -0.25) is 4.90 Å². The molecule has 2 aliphatic rings. The van der Waals surface area contributed by atoms with E-state index >= 15 is 0 Å². The van der Waals surface area contributed by atoms with Gasteiger partial charge in [-0.15, -0.1) is 0 Å². The summed E-state index contributed by atoms with van der Waals surface area (Å²) in [5.41, 5.74) is 8.76. The van der Waals surface area contributed by atoms with Gasteiger partial charge in [0.1, 0.15) is 5.75 Å². The van der Waals surface area contributed by atoms with E-state index in [1.54, 1.807) is 0 Å². The average Bonchev–Trinajstić information content (AvgIpc) is 2.87. The first-order chi connectivity index (χ1) is 9.28. The van der Waals surface area contributed by atoms with Gasteiger partial charge >= 0.3 is 0 Å². The Bertz CT molecular complexity index is 446. The van der Waals surface area contributed by atoms with Gasteiger partial charge in [0.25, 0.3) is 0 Å². The molecule has 3 rings (SSSR count). The molecule has 1 fully saturated rings. The molecule has 3 nitrogen and oxygen atoms in total. The van der Waals surface area contributed by atoms with Crippen molar-refractivity contribution < 1.29 is 4.74 Å². The number of fused-ring (bicyclic) bond motifs is 1. The Morgan fingerprint density at radius 2 is 2.37 bits per heavy atom. The molecule has 3 heteroatoms. The largest absolute Gasteiger partial charge is 0.493 e. The first-order valence-corrected chi connectivity index (χ1v) is 7.47. The Morgan fingerprint density at radius 1 is 1.47 bits per heavy atom. The van der Waals surface area contributed by atoms with Crippen molar-refractivity contribution >= 4 is 0 Å². The molecule has 2 atom stereocenters. The highest BCUT2D eigenvalue weighted by Crippen LogP contribution is 2.31. The van der Waals surface area contributed by atoms with E-state index in [-0.39, 0.29) is 0 Å². The molecule has 1 saturated heterocycles. The topological polar surface area (TPSA) is 38.5 Å². The van der Waals surface area contributed by atoms with Gasteiger partial charge in [0.2, 0.25) is 0 Å². The molecule has 0 saturated carbocycles. The van der Waals surface area contributed by atoms with E-state index in [1.807, 2.05) is 0 Å². The summed E-state index contributed by atoms with van der Waals surface area (Å²) >= 11 is 0. The van der Waals surface area contributed by atoms with Gasteiger partial charge < -0.3 is 10.5 Å². The Labute approximate surface area is 115 Å². The van der Waals surface area contributed by atoms with E-state index in [2.05, 4.69) is 30.0 Å². The van der Waals surface area contributed by atoms with E-state index in [1.165, 1.54) is 37.1 Å². The molecule has 2 heterocycles. The third kappa shape index (κ3) is 2.63. The van der Waals surface area contributed by atoms with Crippen molar-refractivity contribution in [1.82, 2.24) is 4.90 Å². The van der Waals surface area contributed by atoms with Gasteiger partial charge in [-0.25, -0.2) is 0 Å². The van der Waals surface area contributed by atoms with Crippen molar-refractivity contribution in [1.29, 1.82) is 0 Å². The minimum Gasteiger partial charge on any atom is -0.493 e. The molecule has 0 amide bonds. The van der Waals surface area contributed by atoms with E-state index < -0.39 is 0 Å². The fraction of sp³-hybridized carbons (Fsp3) is 0.625. The van der Waals surface area contributed by atoms with Crippen LogP contribution in [0.25, 0.3) is 0 Å². The van der Waals surface area contributed by atoms with Crippen molar-refractivity contribution in [3.63, 3.8) is 0 Å². The summed E-state index contributed by atoms with van der Waals surface area (Å²) in [4.78, 5) is 2.56. The fourth-order valence-electron chi connectivity index (χ4n) is 3.42. The Morgan fingerprint density at radius 3 is 3.16 bits per heavy atom. The van der Waals surface area contributed by atoms with Crippen LogP contribution in [0.4, 0.5) is 0 Å². The molecule has 2 unspecified atom stereocenters. The summed E-state index contributed by atoms with van der Waals surface area (Å²) in [6.07, 6.45) is 3.69. The Hall–Kier alpha value is -1.06. The highest BCUT2D eigenvalue weighted by Gasteiger charge is 2.25. The molecular formula is C16H24N2O. The maximum atomic E-state index is 6.05. The zero-order valence-electron chi connectivity index (χ0n) is 11.8. The van der Waals surface area contributed by atoms with Crippen molar-refractivity contribution in [3.05, 3.63) is 29.3 Å². The quantitative estimate of drug-likeness (QED) is 0.906. The van der Waals surface area contributed by atoms with Crippen LogP contribution in [-0.2, 0) is 6.42 Å². The van der Waals surface area contributed by atoms with Gasteiger partial charge in [-0.2, -0.15) is 0 Å². The molecule has 0 spiro atoms. The van der Waals surface area contributed by atoms with E-state index in [9.17, 15) is 0 Å². The second-order valence-electron chi connectivity index (χ2n) is 5.96. The molecular weight excluding hydrogens is 236 g/mol. The number of piperidine rings is 1. The van der Waals surface area contributed by atoms with E-state index in [0.29, 0.717) is 12.6 Å². The maximum absolute atomic E-state index is 6.05. The fourth-order valence-corrected chi connectivity index (χ4v) is 3.42. The zero-order chi connectivity index (χ0) is 13.2. The number of benzene rings is 1. The number of rotatable bonds is 3. The summed E-state index contributed by atoms with van der Waals surface area (Å²) in [5, 5.41) is 0. The van der Waals surface area contributed by atoms with Crippen molar-refractivity contribution in [2.75, 3.05) is 26.2 Å². The lowest BCUT2D eigenvalue weighted by Gasteiger charge is -2.37. The minimum atomic E-state index is 0.369. The SMILES string of the molecule is CC1CCCN(C(CN)c2ccc3c(c2)CCO3)C1. The van der Waals surface area contributed by atoms with Gasteiger partial charge in [-0.1, -0.05) is 19.1 Å². The molecule has 2 aliphatic heterocycles. The van der Waals surface area contributed by atoms with Gasteiger partial charge in [0, 0.05) is 25.6 Å². The average molecular weight is 260 g/mol. The monoisotopic (exact) mass is 260 g/mol. The second kappa shape index (κ2) is 5.51. The lowest BCUT2D eigenvalue weighted by atomic mass is 9.95. The predicted molar refractivity (Wildman–Crippen MR) is 77.4 cm³/mol. The summed E-state index contributed by atoms with van der Waals surface area (Å²) in [6.45, 7) is 6.23. The molecule has 1 aromatic carbocycles. The molecule has 2 N–H and O–H groups in total. The highest BCUT2D eigenvalue weighted by molar-refractivity contribution is 5.41. The van der Waals surface area contributed by atoms with Crippen molar-refractivity contribution in [2.45, 2.75) is 32.2 Å². The first-order valence-electron chi connectivity index (χ1n) is 7.47. The highest BCUT2D eigenvalue weighted by atomic mass is 16.5. The Balaban J connectivity index is 1.81. The lowest BCUT2D eigenvalue weighted by molar-refractivity contribution is 0.133. The first kappa shape index (κ1) is 12.9. The number of nitrogens with zero attached hydrogens (tertiary/aromatic N) is 1. The summed E-state index contributed by atoms with van der Waals surface area (Å²) in [5.74, 6) is 1.85. The van der Waals surface area contributed by atoms with Crippen LogP contribution in [-0.4, -0.2) is 31.1 Å². The van der Waals surface area contributed by atoms with E-state index in [0.717, 1.165) is 24.7 Å². The van der Waals surface area contributed by atoms with Crippen molar-refractivity contribution in [2.24, 2.45) is 11.7 Å². The number of ether oxygens (including phenoxy) is 1. The summed E-state index contributed by atoms with van der Waals surface area (Å²) in [7, 11) is 0. The number of likely N-dealkylation sites (tertiary alicyclic amines) is 1.